The van der Waals surface area contributed by atoms with Crippen molar-refractivity contribution in [1.82, 2.24) is 0 Å². The van der Waals surface area contributed by atoms with Crippen molar-refractivity contribution in [3.8, 4) is 23.0 Å². The van der Waals surface area contributed by atoms with E-state index in [-0.39, 0.29) is 0 Å². The Morgan fingerprint density at radius 2 is 1.61 bits per heavy atom. The first-order valence-corrected chi connectivity index (χ1v) is 5.23. The normalized spacial score (nSPS) is 11.6. The second-order valence-corrected chi connectivity index (χ2v) is 3.46. The fourth-order valence-corrected chi connectivity index (χ4v) is 1.38. The Morgan fingerprint density at radius 1 is 1.11 bits per heavy atom. The van der Waals surface area contributed by atoms with Crippen LogP contribution in [0.25, 0.3) is 0 Å². The third-order valence-electron chi connectivity index (χ3n) is 2.30. The third-order valence-corrected chi connectivity index (χ3v) is 2.30. The van der Waals surface area contributed by atoms with Gasteiger partial charge in [0.15, 0.2) is 17.6 Å². The van der Waals surface area contributed by atoms with Crippen LogP contribution in [-0.2, 0) is 4.79 Å². The average molecular weight is 256 g/mol. The van der Waals surface area contributed by atoms with Crippen LogP contribution in [0.4, 0.5) is 0 Å². The summed E-state index contributed by atoms with van der Waals surface area (Å²) in [5.41, 5.74) is 0. The van der Waals surface area contributed by atoms with Crippen molar-refractivity contribution in [2.45, 2.75) is 13.0 Å². The number of aliphatic carboxylic acids is 1. The van der Waals surface area contributed by atoms with Crippen LogP contribution in [0.15, 0.2) is 12.1 Å². The summed E-state index contributed by atoms with van der Waals surface area (Å²) in [5, 5.41) is 8.78. The molecule has 0 heterocycles. The van der Waals surface area contributed by atoms with Gasteiger partial charge in [-0.1, -0.05) is 0 Å². The molecule has 18 heavy (non-hydrogen) atoms. The Labute approximate surface area is 105 Å². The molecule has 0 amide bonds. The lowest BCUT2D eigenvalue weighted by Gasteiger charge is -2.16. The molecule has 100 valence electrons. The van der Waals surface area contributed by atoms with Gasteiger partial charge in [-0.2, -0.15) is 0 Å². The molecule has 1 aromatic rings. The number of hydrogen-bond acceptors (Lipinski definition) is 5. The molecule has 6 nitrogen and oxygen atoms in total. The first kappa shape index (κ1) is 14.0. The largest absolute Gasteiger partial charge is 0.493 e. The van der Waals surface area contributed by atoms with Gasteiger partial charge in [-0.3, -0.25) is 0 Å². The summed E-state index contributed by atoms with van der Waals surface area (Å²) in [7, 11) is 4.43. The van der Waals surface area contributed by atoms with E-state index in [2.05, 4.69) is 0 Å². The van der Waals surface area contributed by atoms with Crippen LogP contribution in [0.3, 0.4) is 0 Å². The molecule has 0 saturated heterocycles. The van der Waals surface area contributed by atoms with E-state index in [1.807, 2.05) is 0 Å². The monoisotopic (exact) mass is 256 g/mol. The molecule has 0 aliphatic rings. The van der Waals surface area contributed by atoms with Crippen LogP contribution in [0.2, 0.25) is 0 Å². The van der Waals surface area contributed by atoms with Gasteiger partial charge in [0.25, 0.3) is 0 Å². The lowest BCUT2D eigenvalue weighted by Crippen LogP contribution is -2.22. The molecule has 0 unspecified atom stereocenters. The molecule has 0 aromatic heterocycles. The van der Waals surface area contributed by atoms with Crippen LogP contribution >= 0.6 is 0 Å². The van der Waals surface area contributed by atoms with Gasteiger partial charge in [0.05, 0.1) is 21.3 Å². The van der Waals surface area contributed by atoms with E-state index in [1.165, 1.54) is 28.3 Å². The molecule has 1 atom stereocenters. The molecular weight excluding hydrogens is 240 g/mol. The first-order chi connectivity index (χ1) is 8.53. The number of benzene rings is 1. The van der Waals surface area contributed by atoms with Crippen molar-refractivity contribution in [3.05, 3.63) is 12.1 Å². The molecule has 1 N–H and O–H groups in total. The standard InChI is InChI=1S/C12H16O6/c1-7(12(13)14)18-8-5-9(15-2)11(17-4)10(6-8)16-3/h5-7H,1-4H3,(H,13,14)/t7-/m0/s1. The Balaban J connectivity index is 3.11. The van der Waals surface area contributed by atoms with E-state index in [1.54, 1.807) is 12.1 Å². The van der Waals surface area contributed by atoms with Gasteiger partial charge in [-0.15, -0.1) is 0 Å². The topological polar surface area (TPSA) is 74.2 Å². The predicted molar refractivity (Wildman–Crippen MR) is 63.8 cm³/mol. The summed E-state index contributed by atoms with van der Waals surface area (Å²) >= 11 is 0. The maximum atomic E-state index is 10.7. The van der Waals surface area contributed by atoms with E-state index >= 15 is 0 Å². The molecule has 0 bridgehead atoms. The Bertz CT molecular complexity index is 404. The fourth-order valence-electron chi connectivity index (χ4n) is 1.38. The highest BCUT2D eigenvalue weighted by molar-refractivity contribution is 5.72. The minimum Gasteiger partial charge on any atom is -0.493 e. The zero-order valence-corrected chi connectivity index (χ0v) is 10.7. The minimum absolute atomic E-state index is 0.333. The Kier molecular flexibility index (Phi) is 4.65. The maximum Gasteiger partial charge on any atom is 0.344 e. The smallest absolute Gasteiger partial charge is 0.344 e. The number of hydrogen-bond donors (Lipinski definition) is 1. The van der Waals surface area contributed by atoms with Crippen molar-refractivity contribution in [2.75, 3.05) is 21.3 Å². The predicted octanol–water partition coefficient (Wildman–Crippen LogP) is 1.56. The van der Waals surface area contributed by atoms with Gasteiger partial charge in [-0.05, 0) is 6.92 Å². The van der Waals surface area contributed by atoms with Gasteiger partial charge in [0.1, 0.15) is 5.75 Å². The molecular formula is C12H16O6. The van der Waals surface area contributed by atoms with Crippen LogP contribution in [0, 0.1) is 0 Å². The summed E-state index contributed by atoms with van der Waals surface area (Å²) in [6.45, 7) is 1.44. The van der Waals surface area contributed by atoms with Gasteiger partial charge in [-0.25, -0.2) is 4.79 Å². The van der Waals surface area contributed by atoms with Crippen LogP contribution < -0.4 is 18.9 Å². The highest BCUT2D eigenvalue weighted by atomic mass is 16.5. The second kappa shape index (κ2) is 6.00. The highest BCUT2D eigenvalue weighted by Gasteiger charge is 2.17. The number of rotatable bonds is 6. The highest BCUT2D eigenvalue weighted by Crippen LogP contribution is 2.40. The summed E-state index contributed by atoms with van der Waals surface area (Å²) < 4.78 is 20.6. The zero-order valence-electron chi connectivity index (χ0n) is 10.7. The molecule has 0 aliphatic heterocycles. The van der Waals surface area contributed by atoms with Gasteiger partial charge in [0, 0.05) is 12.1 Å². The zero-order chi connectivity index (χ0) is 13.7. The van der Waals surface area contributed by atoms with Crippen molar-refractivity contribution >= 4 is 5.97 Å². The third kappa shape index (κ3) is 2.97. The van der Waals surface area contributed by atoms with Gasteiger partial charge in [0.2, 0.25) is 5.75 Å². The van der Waals surface area contributed by atoms with Crippen molar-refractivity contribution in [1.29, 1.82) is 0 Å². The molecule has 0 radical (unpaired) electrons. The summed E-state index contributed by atoms with van der Waals surface area (Å²) in [5.74, 6) is 0.521. The first-order valence-electron chi connectivity index (χ1n) is 5.23. The van der Waals surface area contributed by atoms with E-state index < -0.39 is 12.1 Å². The maximum absolute atomic E-state index is 10.7. The lowest BCUT2D eigenvalue weighted by atomic mass is 10.2. The summed E-state index contributed by atoms with van der Waals surface area (Å²) in [4.78, 5) is 10.7. The van der Waals surface area contributed by atoms with E-state index in [4.69, 9.17) is 24.1 Å². The number of carboxylic acid groups (broad SMARTS) is 1. The van der Waals surface area contributed by atoms with Crippen molar-refractivity contribution < 1.29 is 28.8 Å². The van der Waals surface area contributed by atoms with Crippen LogP contribution in [0.1, 0.15) is 6.92 Å². The molecule has 0 saturated carbocycles. The average Bonchev–Trinajstić information content (AvgIpc) is 2.37. The number of ether oxygens (including phenoxy) is 4. The summed E-state index contributed by atoms with van der Waals surface area (Å²) in [6, 6.07) is 3.08. The lowest BCUT2D eigenvalue weighted by molar-refractivity contribution is -0.144. The Hall–Kier alpha value is -2.11. The second-order valence-electron chi connectivity index (χ2n) is 3.46. The number of carboxylic acids is 1. The molecule has 1 aromatic carbocycles. The molecule has 0 fully saturated rings. The SMILES string of the molecule is COc1cc(O[C@@H](C)C(=O)O)cc(OC)c1OC. The van der Waals surface area contributed by atoms with E-state index in [0.717, 1.165) is 0 Å². The fraction of sp³-hybridized carbons (Fsp3) is 0.417. The number of carbonyl (C=O) groups is 1. The van der Waals surface area contributed by atoms with Crippen molar-refractivity contribution in [3.63, 3.8) is 0 Å². The van der Waals surface area contributed by atoms with Gasteiger partial charge < -0.3 is 24.1 Å². The number of methoxy groups -OCH3 is 3. The van der Waals surface area contributed by atoms with E-state index in [0.29, 0.717) is 23.0 Å². The van der Waals surface area contributed by atoms with Gasteiger partial charge >= 0.3 is 5.97 Å². The van der Waals surface area contributed by atoms with Crippen LogP contribution in [-0.4, -0.2) is 38.5 Å². The quantitative estimate of drug-likeness (QED) is 0.832. The molecule has 6 heteroatoms. The Morgan fingerprint density at radius 3 is 1.94 bits per heavy atom. The minimum atomic E-state index is -1.05. The molecule has 0 spiro atoms. The van der Waals surface area contributed by atoms with Crippen molar-refractivity contribution in [2.24, 2.45) is 0 Å². The molecule has 0 aliphatic carbocycles. The van der Waals surface area contributed by atoms with E-state index in [9.17, 15) is 4.79 Å². The summed E-state index contributed by atoms with van der Waals surface area (Å²) in [6.07, 6.45) is -0.965. The van der Waals surface area contributed by atoms with Crippen LogP contribution in [0.5, 0.6) is 23.0 Å². The molecule has 1 rings (SSSR count).